The second-order valence-electron chi connectivity index (χ2n) is 7.06. The maximum atomic E-state index is 12.5. The number of nitrogens with zero attached hydrogens (tertiary/aromatic N) is 2. The van der Waals surface area contributed by atoms with Crippen molar-refractivity contribution in [2.75, 3.05) is 43.2 Å². The third-order valence-electron chi connectivity index (χ3n) is 3.86. The maximum Gasteiger partial charge on any atom is 0.414 e. The minimum Gasteiger partial charge on any atom is -0.482 e. The standard InChI is InChI=1S/C19H28N2O5/c1-6-20(18(23)26-19(2,3)4)14-8-9-16-15(12-14)21(10-7-11-24-5)17(22)13-25-16/h8-9,12H,6-7,10-11,13H2,1-5H3. The van der Waals surface area contributed by atoms with E-state index < -0.39 is 11.7 Å². The molecule has 0 aliphatic carbocycles. The molecule has 0 spiro atoms. The van der Waals surface area contributed by atoms with E-state index in [9.17, 15) is 9.59 Å². The van der Waals surface area contributed by atoms with Gasteiger partial charge in [-0.1, -0.05) is 0 Å². The van der Waals surface area contributed by atoms with Gasteiger partial charge in [0.2, 0.25) is 0 Å². The van der Waals surface area contributed by atoms with Crippen molar-refractivity contribution >= 4 is 23.4 Å². The molecule has 26 heavy (non-hydrogen) atoms. The van der Waals surface area contributed by atoms with Gasteiger partial charge in [-0.05, 0) is 52.3 Å². The number of rotatable bonds is 6. The Morgan fingerprint density at radius 1 is 1.35 bits per heavy atom. The van der Waals surface area contributed by atoms with Crippen molar-refractivity contribution in [1.82, 2.24) is 0 Å². The van der Waals surface area contributed by atoms with E-state index in [4.69, 9.17) is 14.2 Å². The van der Waals surface area contributed by atoms with Crippen LogP contribution in [0.3, 0.4) is 0 Å². The topological polar surface area (TPSA) is 68.3 Å². The van der Waals surface area contributed by atoms with E-state index in [1.165, 1.54) is 4.90 Å². The summed E-state index contributed by atoms with van der Waals surface area (Å²) in [5, 5.41) is 0. The zero-order chi connectivity index (χ0) is 19.3. The average Bonchev–Trinajstić information content (AvgIpc) is 2.56. The average molecular weight is 364 g/mol. The van der Waals surface area contributed by atoms with Gasteiger partial charge in [0.15, 0.2) is 6.61 Å². The summed E-state index contributed by atoms with van der Waals surface area (Å²) in [4.78, 5) is 28.0. The molecule has 1 heterocycles. The molecule has 0 radical (unpaired) electrons. The fourth-order valence-corrected chi connectivity index (χ4v) is 2.70. The molecule has 7 nitrogen and oxygen atoms in total. The number of methoxy groups -OCH3 is 1. The Balaban J connectivity index is 2.29. The molecule has 0 fully saturated rings. The summed E-state index contributed by atoms with van der Waals surface area (Å²) in [6, 6.07) is 5.38. The van der Waals surface area contributed by atoms with Crippen LogP contribution in [0.2, 0.25) is 0 Å². The SMILES string of the molecule is CCN(C(=O)OC(C)(C)C)c1ccc2c(c1)N(CCCOC)C(=O)CO2. The van der Waals surface area contributed by atoms with Crippen LogP contribution in [0.15, 0.2) is 18.2 Å². The molecule has 0 saturated heterocycles. The summed E-state index contributed by atoms with van der Waals surface area (Å²) in [6.45, 7) is 8.93. The van der Waals surface area contributed by atoms with Gasteiger partial charge in [0, 0.05) is 32.5 Å². The van der Waals surface area contributed by atoms with Crippen LogP contribution in [-0.2, 0) is 14.3 Å². The predicted octanol–water partition coefficient (Wildman–Crippen LogP) is 3.21. The Bertz CT molecular complexity index is 654. The van der Waals surface area contributed by atoms with Gasteiger partial charge >= 0.3 is 6.09 Å². The number of ether oxygens (including phenoxy) is 3. The maximum absolute atomic E-state index is 12.5. The number of hydrogen-bond donors (Lipinski definition) is 0. The van der Waals surface area contributed by atoms with E-state index in [0.29, 0.717) is 36.8 Å². The Morgan fingerprint density at radius 2 is 2.08 bits per heavy atom. The molecule has 0 atom stereocenters. The number of fused-ring (bicyclic) bond motifs is 1. The quantitative estimate of drug-likeness (QED) is 0.725. The van der Waals surface area contributed by atoms with E-state index in [1.807, 2.05) is 27.7 Å². The molecule has 1 aromatic carbocycles. The lowest BCUT2D eigenvalue weighted by molar-refractivity contribution is -0.121. The molecule has 144 valence electrons. The summed E-state index contributed by atoms with van der Waals surface area (Å²) in [5.41, 5.74) is 0.747. The molecule has 0 unspecified atom stereocenters. The Morgan fingerprint density at radius 3 is 2.69 bits per heavy atom. The van der Waals surface area contributed by atoms with Gasteiger partial charge in [0.25, 0.3) is 5.91 Å². The highest BCUT2D eigenvalue weighted by Crippen LogP contribution is 2.36. The van der Waals surface area contributed by atoms with Crippen molar-refractivity contribution in [3.8, 4) is 5.75 Å². The van der Waals surface area contributed by atoms with Crippen LogP contribution < -0.4 is 14.5 Å². The molecule has 1 aliphatic rings. The monoisotopic (exact) mass is 364 g/mol. The van der Waals surface area contributed by atoms with Crippen molar-refractivity contribution in [2.24, 2.45) is 0 Å². The zero-order valence-electron chi connectivity index (χ0n) is 16.2. The smallest absolute Gasteiger partial charge is 0.414 e. The molecular formula is C19H28N2O5. The lowest BCUT2D eigenvalue weighted by Crippen LogP contribution is -2.40. The molecule has 1 aliphatic heterocycles. The summed E-state index contributed by atoms with van der Waals surface area (Å²) in [7, 11) is 1.63. The fraction of sp³-hybridized carbons (Fsp3) is 0.579. The molecule has 0 aromatic heterocycles. The summed E-state index contributed by atoms with van der Waals surface area (Å²) in [6.07, 6.45) is 0.295. The fourth-order valence-electron chi connectivity index (χ4n) is 2.70. The van der Waals surface area contributed by atoms with E-state index in [-0.39, 0.29) is 12.5 Å². The number of benzene rings is 1. The van der Waals surface area contributed by atoms with Gasteiger partial charge in [0.1, 0.15) is 11.4 Å². The lowest BCUT2D eigenvalue weighted by Gasteiger charge is -2.31. The van der Waals surface area contributed by atoms with Gasteiger partial charge < -0.3 is 19.1 Å². The molecule has 0 N–H and O–H groups in total. The highest BCUT2D eigenvalue weighted by Gasteiger charge is 2.28. The normalized spacial score (nSPS) is 13.9. The van der Waals surface area contributed by atoms with Gasteiger partial charge in [0.05, 0.1) is 5.69 Å². The number of hydrogen-bond acceptors (Lipinski definition) is 5. The molecule has 2 amide bonds. The number of amides is 2. The van der Waals surface area contributed by atoms with Crippen molar-refractivity contribution in [2.45, 2.75) is 39.7 Å². The molecule has 2 rings (SSSR count). The molecule has 1 aromatic rings. The van der Waals surface area contributed by atoms with Gasteiger partial charge in [-0.3, -0.25) is 9.69 Å². The minimum atomic E-state index is -0.579. The van der Waals surface area contributed by atoms with Crippen LogP contribution in [0.5, 0.6) is 5.75 Å². The third-order valence-corrected chi connectivity index (χ3v) is 3.86. The van der Waals surface area contributed by atoms with Crippen LogP contribution in [-0.4, -0.2) is 51.0 Å². The van der Waals surface area contributed by atoms with E-state index in [0.717, 1.165) is 6.42 Å². The van der Waals surface area contributed by atoms with Crippen LogP contribution in [0.4, 0.5) is 16.2 Å². The van der Waals surface area contributed by atoms with Crippen LogP contribution in [0.25, 0.3) is 0 Å². The molecular weight excluding hydrogens is 336 g/mol. The molecule has 7 heteroatoms. The second kappa shape index (κ2) is 8.40. The summed E-state index contributed by atoms with van der Waals surface area (Å²) in [5.74, 6) is 0.525. The first kappa shape index (κ1) is 20.0. The van der Waals surface area contributed by atoms with Crippen LogP contribution in [0.1, 0.15) is 34.1 Å². The van der Waals surface area contributed by atoms with E-state index in [2.05, 4.69) is 0 Å². The van der Waals surface area contributed by atoms with Gasteiger partial charge in [-0.15, -0.1) is 0 Å². The van der Waals surface area contributed by atoms with E-state index in [1.54, 1.807) is 30.2 Å². The predicted molar refractivity (Wildman–Crippen MR) is 100 cm³/mol. The largest absolute Gasteiger partial charge is 0.482 e. The van der Waals surface area contributed by atoms with Crippen molar-refractivity contribution in [3.63, 3.8) is 0 Å². The van der Waals surface area contributed by atoms with Gasteiger partial charge in [-0.25, -0.2) is 4.79 Å². The summed E-state index contributed by atoms with van der Waals surface area (Å²) < 4.78 is 16.1. The van der Waals surface area contributed by atoms with Crippen molar-refractivity contribution < 1.29 is 23.8 Å². The Hall–Kier alpha value is -2.28. The van der Waals surface area contributed by atoms with Crippen molar-refractivity contribution in [3.05, 3.63) is 18.2 Å². The van der Waals surface area contributed by atoms with Gasteiger partial charge in [-0.2, -0.15) is 0 Å². The summed E-state index contributed by atoms with van der Waals surface area (Å²) >= 11 is 0. The van der Waals surface area contributed by atoms with Crippen LogP contribution >= 0.6 is 0 Å². The number of anilines is 2. The van der Waals surface area contributed by atoms with E-state index >= 15 is 0 Å². The first-order valence-electron chi connectivity index (χ1n) is 8.83. The third kappa shape index (κ3) is 4.88. The molecule has 0 saturated carbocycles. The Labute approximate surface area is 154 Å². The Kier molecular flexibility index (Phi) is 6.47. The van der Waals surface area contributed by atoms with Crippen LogP contribution in [0, 0.1) is 0 Å². The first-order valence-corrected chi connectivity index (χ1v) is 8.83. The minimum absolute atomic E-state index is 0.0168. The lowest BCUT2D eigenvalue weighted by atomic mass is 10.2. The number of carbonyl (C=O) groups excluding carboxylic acids is 2. The highest BCUT2D eigenvalue weighted by molar-refractivity contribution is 5.99. The second-order valence-corrected chi connectivity index (χ2v) is 7.06. The highest BCUT2D eigenvalue weighted by atomic mass is 16.6. The molecule has 0 bridgehead atoms. The zero-order valence-corrected chi connectivity index (χ0v) is 16.2. The number of carbonyl (C=O) groups is 2. The van der Waals surface area contributed by atoms with Crippen molar-refractivity contribution in [1.29, 1.82) is 0 Å². The first-order chi connectivity index (χ1) is 12.3.